The Bertz CT molecular complexity index is 911. The van der Waals surface area contributed by atoms with Gasteiger partial charge in [-0.2, -0.15) is 0 Å². The van der Waals surface area contributed by atoms with Crippen LogP contribution in [0.15, 0.2) is 61.0 Å². The van der Waals surface area contributed by atoms with E-state index in [9.17, 15) is 9.90 Å². The molecule has 1 aliphatic rings. The second-order valence-corrected chi connectivity index (χ2v) is 9.14. The van der Waals surface area contributed by atoms with Crippen molar-refractivity contribution in [2.75, 3.05) is 39.9 Å². The number of ether oxygens (including phenoxy) is 2. The van der Waals surface area contributed by atoms with Crippen molar-refractivity contribution >= 4 is 17.2 Å². The van der Waals surface area contributed by atoms with Crippen molar-refractivity contribution in [3.63, 3.8) is 0 Å². The predicted molar refractivity (Wildman–Crippen MR) is 133 cm³/mol. The number of benzene rings is 1. The summed E-state index contributed by atoms with van der Waals surface area (Å²) in [6, 6.07) is 9.42. The minimum absolute atomic E-state index is 0.0351. The molecule has 3 rings (SSSR count). The van der Waals surface area contributed by atoms with Crippen molar-refractivity contribution in [2.45, 2.75) is 31.4 Å². The number of hydrogen-bond donors (Lipinski definition) is 1. The smallest absolute Gasteiger partial charge is 0.237 e. The average Bonchev–Trinajstić information content (AvgIpc) is 3.30. The highest BCUT2D eigenvalue weighted by atomic mass is 32.1. The number of nitrogens with zero attached hydrogens (tertiary/aromatic N) is 2. The van der Waals surface area contributed by atoms with E-state index in [0.29, 0.717) is 32.7 Å². The van der Waals surface area contributed by atoms with Gasteiger partial charge in [-0.15, -0.1) is 24.5 Å². The van der Waals surface area contributed by atoms with Gasteiger partial charge in [0.05, 0.1) is 25.8 Å². The van der Waals surface area contributed by atoms with Gasteiger partial charge in [0.1, 0.15) is 18.1 Å². The highest BCUT2D eigenvalue weighted by Gasteiger charge is 2.33. The average molecular weight is 471 g/mol. The van der Waals surface area contributed by atoms with E-state index in [4.69, 9.17) is 9.47 Å². The Hall–Kier alpha value is -2.61. The van der Waals surface area contributed by atoms with E-state index < -0.39 is 6.10 Å². The van der Waals surface area contributed by atoms with Gasteiger partial charge in [-0.05, 0) is 60.5 Å². The maximum Gasteiger partial charge on any atom is 0.237 e. The number of aliphatic hydroxyl groups excluding tert-OH is 1. The standard InChI is InChI=1S/C26H34N2O4S/c1-4-6-7-20(29)17-27(14-5-2)18-26(30)28-15-12-25-23(13-16-33-25)24(28)19-32-22-10-8-21(31-3)9-11-22/h4-5,8-11,13,16,20,24,29H,1-2,6-7,12,14-15,17-19H2,3H3. The Morgan fingerprint density at radius 3 is 2.73 bits per heavy atom. The first-order valence-electron chi connectivity index (χ1n) is 11.3. The van der Waals surface area contributed by atoms with Gasteiger partial charge < -0.3 is 19.5 Å². The van der Waals surface area contributed by atoms with Gasteiger partial charge >= 0.3 is 0 Å². The first-order chi connectivity index (χ1) is 16.0. The van der Waals surface area contributed by atoms with Crippen molar-refractivity contribution < 1.29 is 19.4 Å². The van der Waals surface area contributed by atoms with Gasteiger partial charge in [-0.25, -0.2) is 0 Å². The molecule has 1 N–H and O–H groups in total. The number of thiophene rings is 1. The Morgan fingerprint density at radius 2 is 2.03 bits per heavy atom. The predicted octanol–water partition coefficient (Wildman–Crippen LogP) is 4.08. The lowest BCUT2D eigenvalue weighted by molar-refractivity contribution is -0.136. The third kappa shape index (κ3) is 6.93. The quantitative estimate of drug-likeness (QED) is 0.447. The summed E-state index contributed by atoms with van der Waals surface area (Å²) in [6.45, 7) is 9.76. The molecule has 2 aromatic rings. The number of methoxy groups -OCH3 is 1. The van der Waals surface area contributed by atoms with E-state index in [1.54, 1.807) is 30.6 Å². The lowest BCUT2D eigenvalue weighted by atomic mass is 10.0. The van der Waals surface area contributed by atoms with Crippen LogP contribution in [0.4, 0.5) is 0 Å². The molecule has 2 unspecified atom stereocenters. The summed E-state index contributed by atoms with van der Waals surface area (Å²) in [5.74, 6) is 1.55. The van der Waals surface area contributed by atoms with Crippen molar-refractivity contribution in [1.82, 2.24) is 9.80 Å². The summed E-state index contributed by atoms with van der Waals surface area (Å²) in [4.78, 5) is 18.6. The number of aliphatic hydroxyl groups is 1. The second kappa shape index (κ2) is 12.6. The van der Waals surface area contributed by atoms with Crippen molar-refractivity contribution in [1.29, 1.82) is 0 Å². The Labute approximate surface area is 200 Å². The SMILES string of the molecule is C=CCCC(O)CN(CC=C)CC(=O)N1CCc2sccc2C1COc1ccc(OC)cc1. The zero-order chi connectivity index (χ0) is 23.6. The number of fused-ring (bicyclic) bond motifs is 1. The molecular formula is C26H34N2O4S. The molecule has 7 heteroatoms. The van der Waals surface area contributed by atoms with E-state index >= 15 is 0 Å². The summed E-state index contributed by atoms with van der Waals surface area (Å²) in [5.41, 5.74) is 1.16. The van der Waals surface area contributed by atoms with E-state index in [1.807, 2.05) is 34.1 Å². The van der Waals surface area contributed by atoms with E-state index in [0.717, 1.165) is 29.9 Å². The second-order valence-electron chi connectivity index (χ2n) is 8.14. The molecule has 178 valence electrons. The Balaban J connectivity index is 1.69. The molecule has 1 amide bonds. The Morgan fingerprint density at radius 1 is 1.27 bits per heavy atom. The summed E-state index contributed by atoms with van der Waals surface area (Å²) < 4.78 is 11.3. The molecular weight excluding hydrogens is 436 g/mol. The Kier molecular flexibility index (Phi) is 9.54. The molecule has 33 heavy (non-hydrogen) atoms. The highest BCUT2D eigenvalue weighted by Crippen LogP contribution is 2.34. The fourth-order valence-corrected chi connectivity index (χ4v) is 5.02. The number of amides is 1. The monoisotopic (exact) mass is 470 g/mol. The molecule has 0 aliphatic carbocycles. The number of carbonyl (C=O) groups excluding carboxylic acids is 1. The van der Waals surface area contributed by atoms with Crippen LogP contribution in [0.2, 0.25) is 0 Å². The van der Waals surface area contributed by atoms with Crippen LogP contribution in [0.1, 0.15) is 29.3 Å². The molecule has 0 fully saturated rings. The molecule has 0 saturated heterocycles. The van der Waals surface area contributed by atoms with Crippen molar-refractivity contribution in [3.8, 4) is 11.5 Å². The largest absolute Gasteiger partial charge is 0.497 e. The van der Waals surface area contributed by atoms with Crippen LogP contribution in [0.5, 0.6) is 11.5 Å². The van der Waals surface area contributed by atoms with Crippen LogP contribution < -0.4 is 9.47 Å². The zero-order valence-electron chi connectivity index (χ0n) is 19.3. The number of allylic oxidation sites excluding steroid dienone is 1. The lowest BCUT2D eigenvalue weighted by Crippen LogP contribution is -2.47. The fourth-order valence-electron chi connectivity index (χ4n) is 4.09. The van der Waals surface area contributed by atoms with E-state index in [2.05, 4.69) is 24.6 Å². The van der Waals surface area contributed by atoms with Gasteiger partial charge in [0.25, 0.3) is 0 Å². The van der Waals surface area contributed by atoms with E-state index in [-0.39, 0.29) is 18.5 Å². The maximum absolute atomic E-state index is 13.4. The van der Waals surface area contributed by atoms with Crippen LogP contribution in [-0.4, -0.2) is 66.8 Å². The maximum atomic E-state index is 13.4. The summed E-state index contributed by atoms with van der Waals surface area (Å²) in [5, 5.41) is 12.4. The van der Waals surface area contributed by atoms with Crippen LogP contribution >= 0.6 is 11.3 Å². The van der Waals surface area contributed by atoms with Gasteiger partial charge in [0.2, 0.25) is 5.91 Å². The van der Waals surface area contributed by atoms with E-state index in [1.165, 1.54) is 4.88 Å². The summed E-state index contributed by atoms with van der Waals surface area (Å²) >= 11 is 1.73. The van der Waals surface area contributed by atoms with Crippen LogP contribution in [0, 0.1) is 0 Å². The van der Waals surface area contributed by atoms with Gasteiger partial charge in [0.15, 0.2) is 0 Å². The molecule has 0 saturated carbocycles. The van der Waals surface area contributed by atoms with Gasteiger partial charge in [0, 0.05) is 24.5 Å². The summed E-state index contributed by atoms with van der Waals surface area (Å²) in [6.07, 6.45) is 5.29. The zero-order valence-corrected chi connectivity index (χ0v) is 20.1. The minimum Gasteiger partial charge on any atom is -0.497 e. The molecule has 1 aromatic heterocycles. The third-order valence-corrected chi connectivity index (χ3v) is 6.80. The lowest BCUT2D eigenvalue weighted by Gasteiger charge is -2.37. The topological polar surface area (TPSA) is 62.2 Å². The van der Waals surface area contributed by atoms with Crippen LogP contribution in [0.25, 0.3) is 0 Å². The van der Waals surface area contributed by atoms with Crippen molar-refractivity contribution in [3.05, 3.63) is 71.5 Å². The van der Waals surface area contributed by atoms with Gasteiger partial charge in [-0.3, -0.25) is 9.69 Å². The van der Waals surface area contributed by atoms with Crippen molar-refractivity contribution in [2.24, 2.45) is 0 Å². The minimum atomic E-state index is -0.505. The molecule has 0 radical (unpaired) electrons. The summed E-state index contributed by atoms with van der Waals surface area (Å²) in [7, 11) is 1.63. The number of hydrogen-bond acceptors (Lipinski definition) is 6. The number of carbonyl (C=O) groups is 1. The molecule has 0 spiro atoms. The molecule has 6 nitrogen and oxygen atoms in total. The molecule has 2 heterocycles. The normalized spacial score (nSPS) is 16.2. The third-order valence-electron chi connectivity index (χ3n) is 5.80. The van der Waals surface area contributed by atoms with Crippen LogP contribution in [-0.2, 0) is 11.2 Å². The van der Waals surface area contributed by atoms with Crippen LogP contribution in [0.3, 0.4) is 0 Å². The highest BCUT2D eigenvalue weighted by molar-refractivity contribution is 7.10. The molecule has 0 bridgehead atoms. The molecule has 2 atom stereocenters. The van der Waals surface area contributed by atoms with Gasteiger partial charge in [-0.1, -0.05) is 12.2 Å². The first-order valence-corrected chi connectivity index (χ1v) is 12.2. The first kappa shape index (κ1) is 25.0. The molecule has 1 aromatic carbocycles. The number of rotatable bonds is 13. The fraction of sp³-hybridized carbons (Fsp3) is 0.423. The molecule has 1 aliphatic heterocycles.